The van der Waals surface area contributed by atoms with Crippen molar-refractivity contribution in [1.82, 2.24) is 4.90 Å². The maximum atomic E-state index is 3.50. The van der Waals surface area contributed by atoms with E-state index in [4.69, 9.17) is 0 Å². The van der Waals surface area contributed by atoms with Gasteiger partial charge in [0.05, 0.1) is 0 Å². The topological polar surface area (TPSA) is 3.24 Å². The maximum Gasteiger partial charge on any atom is 0.00434 e. The Kier molecular flexibility index (Phi) is 6.74. The number of benzene rings is 1. The molecular weight excluding hydrogens is 262 g/mol. The van der Waals surface area contributed by atoms with Crippen LogP contribution in [0.25, 0.3) is 0 Å². The average Bonchev–Trinajstić information content (AvgIpc) is 2.30. The molecule has 90 valence electrons. The molecule has 2 heteroatoms. The first-order chi connectivity index (χ1) is 7.74. The molecule has 0 spiro atoms. The van der Waals surface area contributed by atoms with Crippen LogP contribution in [-0.2, 0) is 6.42 Å². The summed E-state index contributed by atoms with van der Waals surface area (Å²) in [4.78, 5) is 2.55. The minimum Gasteiger partial charge on any atom is -0.301 e. The van der Waals surface area contributed by atoms with Crippen LogP contribution in [0, 0.1) is 0 Å². The Balaban J connectivity index is 2.38. The van der Waals surface area contributed by atoms with Gasteiger partial charge in [-0.1, -0.05) is 46.3 Å². The van der Waals surface area contributed by atoms with E-state index in [1.807, 2.05) is 0 Å². The van der Waals surface area contributed by atoms with Gasteiger partial charge < -0.3 is 4.90 Å². The SMILES string of the molecule is CC(C)N(CCCBr)CCc1ccccc1. The quantitative estimate of drug-likeness (QED) is 0.690. The van der Waals surface area contributed by atoms with Crippen molar-refractivity contribution in [2.75, 3.05) is 18.4 Å². The molecular formula is C14H22BrN. The molecule has 0 saturated heterocycles. The third-order valence-electron chi connectivity index (χ3n) is 2.84. The lowest BCUT2D eigenvalue weighted by Crippen LogP contribution is -2.33. The van der Waals surface area contributed by atoms with Gasteiger partial charge in [0.25, 0.3) is 0 Å². The van der Waals surface area contributed by atoms with Crippen LogP contribution >= 0.6 is 15.9 Å². The highest BCUT2D eigenvalue weighted by Gasteiger charge is 2.08. The van der Waals surface area contributed by atoms with Crippen LogP contribution in [0.1, 0.15) is 25.8 Å². The van der Waals surface area contributed by atoms with Crippen molar-refractivity contribution in [1.29, 1.82) is 0 Å². The van der Waals surface area contributed by atoms with E-state index in [2.05, 4.69) is 65.0 Å². The van der Waals surface area contributed by atoms with Crippen molar-refractivity contribution in [2.45, 2.75) is 32.7 Å². The molecule has 0 heterocycles. The van der Waals surface area contributed by atoms with Gasteiger partial charge in [-0.2, -0.15) is 0 Å². The predicted octanol–water partition coefficient (Wildman–Crippen LogP) is 3.72. The molecule has 0 saturated carbocycles. The zero-order chi connectivity index (χ0) is 11.8. The van der Waals surface area contributed by atoms with E-state index in [0.717, 1.165) is 18.3 Å². The number of halogens is 1. The Morgan fingerprint density at radius 3 is 2.38 bits per heavy atom. The Bertz CT molecular complexity index is 271. The van der Waals surface area contributed by atoms with Gasteiger partial charge in [0.2, 0.25) is 0 Å². The molecule has 0 aliphatic heterocycles. The monoisotopic (exact) mass is 283 g/mol. The van der Waals surface area contributed by atoms with Crippen LogP contribution < -0.4 is 0 Å². The first-order valence-electron chi connectivity index (χ1n) is 6.08. The molecule has 0 unspecified atom stereocenters. The summed E-state index contributed by atoms with van der Waals surface area (Å²) in [6.45, 7) is 6.91. The fourth-order valence-corrected chi connectivity index (χ4v) is 2.06. The molecule has 0 aliphatic rings. The zero-order valence-electron chi connectivity index (χ0n) is 10.3. The smallest absolute Gasteiger partial charge is 0.00434 e. The molecule has 0 fully saturated rings. The molecule has 0 radical (unpaired) electrons. The van der Waals surface area contributed by atoms with Gasteiger partial charge in [-0.15, -0.1) is 0 Å². The van der Waals surface area contributed by atoms with Crippen LogP contribution in [0.3, 0.4) is 0 Å². The van der Waals surface area contributed by atoms with Crippen LogP contribution in [0.5, 0.6) is 0 Å². The largest absolute Gasteiger partial charge is 0.301 e. The van der Waals surface area contributed by atoms with E-state index in [0.29, 0.717) is 6.04 Å². The van der Waals surface area contributed by atoms with Crippen LogP contribution in [0.4, 0.5) is 0 Å². The zero-order valence-corrected chi connectivity index (χ0v) is 11.9. The summed E-state index contributed by atoms with van der Waals surface area (Å²) in [5.74, 6) is 0. The van der Waals surface area contributed by atoms with Gasteiger partial charge in [-0.25, -0.2) is 0 Å². The van der Waals surface area contributed by atoms with E-state index in [-0.39, 0.29) is 0 Å². The summed E-state index contributed by atoms with van der Waals surface area (Å²) in [5, 5.41) is 1.10. The molecule has 0 amide bonds. The standard InChI is InChI=1S/C14H22BrN/c1-13(2)16(11-6-10-15)12-9-14-7-4-3-5-8-14/h3-5,7-8,13H,6,9-12H2,1-2H3. The second kappa shape index (κ2) is 7.86. The van der Waals surface area contributed by atoms with E-state index < -0.39 is 0 Å². The lowest BCUT2D eigenvalue weighted by atomic mass is 10.1. The van der Waals surface area contributed by atoms with Gasteiger partial charge in [-0.3, -0.25) is 0 Å². The Hall–Kier alpha value is -0.340. The number of hydrogen-bond donors (Lipinski definition) is 0. The number of hydrogen-bond acceptors (Lipinski definition) is 1. The summed E-state index contributed by atoms with van der Waals surface area (Å²) in [6.07, 6.45) is 2.38. The molecule has 1 nitrogen and oxygen atoms in total. The Morgan fingerprint density at radius 1 is 1.12 bits per heavy atom. The second-order valence-electron chi connectivity index (χ2n) is 4.41. The maximum absolute atomic E-state index is 3.50. The molecule has 0 N–H and O–H groups in total. The molecule has 1 aromatic rings. The van der Waals surface area contributed by atoms with E-state index in [9.17, 15) is 0 Å². The van der Waals surface area contributed by atoms with Crippen molar-refractivity contribution in [2.24, 2.45) is 0 Å². The summed E-state index contributed by atoms with van der Waals surface area (Å²) in [6, 6.07) is 11.4. The van der Waals surface area contributed by atoms with Crippen LogP contribution in [0.15, 0.2) is 30.3 Å². The number of nitrogens with zero attached hydrogens (tertiary/aromatic N) is 1. The van der Waals surface area contributed by atoms with Crippen LogP contribution in [0.2, 0.25) is 0 Å². The van der Waals surface area contributed by atoms with Gasteiger partial charge in [0, 0.05) is 17.9 Å². The normalized spacial score (nSPS) is 11.3. The third kappa shape index (κ3) is 5.13. The van der Waals surface area contributed by atoms with Crippen molar-refractivity contribution < 1.29 is 0 Å². The molecule has 0 aliphatic carbocycles. The first-order valence-corrected chi connectivity index (χ1v) is 7.20. The minimum atomic E-state index is 0.641. The fourth-order valence-electron chi connectivity index (χ4n) is 1.81. The van der Waals surface area contributed by atoms with Crippen molar-refractivity contribution in [3.8, 4) is 0 Å². The van der Waals surface area contributed by atoms with Gasteiger partial charge in [0.1, 0.15) is 0 Å². The van der Waals surface area contributed by atoms with Crippen LogP contribution in [-0.4, -0.2) is 29.4 Å². The van der Waals surface area contributed by atoms with E-state index >= 15 is 0 Å². The minimum absolute atomic E-state index is 0.641. The highest BCUT2D eigenvalue weighted by Crippen LogP contribution is 2.05. The molecule has 0 aromatic heterocycles. The molecule has 1 rings (SSSR count). The number of rotatable bonds is 7. The summed E-state index contributed by atoms with van der Waals surface area (Å²) < 4.78 is 0. The van der Waals surface area contributed by atoms with Crippen molar-refractivity contribution >= 4 is 15.9 Å². The highest BCUT2D eigenvalue weighted by molar-refractivity contribution is 9.09. The molecule has 1 aromatic carbocycles. The van der Waals surface area contributed by atoms with Crippen molar-refractivity contribution in [3.05, 3.63) is 35.9 Å². The molecule has 16 heavy (non-hydrogen) atoms. The first kappa shape index (κ1) is 13.7. The lowest BCUT2D eigenvalue weighted by molar-refractivity contribution is 0.225. The fraction of sp³-hybridized carbons (Fsp3) is 0.571. The molecule has 0 atom stereocenters. The van der Waals surface area contributed by atoms with Gasteiger partial charge in [0.15, 0.2) is 0 Å². The highest BCUT2D eigenvalue weighted by atomic mass is 79.9. The number of alkyl halides is 1. The predicted molar refractivity (Wildman–Crippen MR) is 75.3 cm³/mol. The average molecular weight is 284 g/mol. The van der Waals surface area contributed by atoms with E-state index in [1.54, 1.807) is 0 Å². The van der Waals surface area contributed by atoms with E-state index in [1.165, 1.54) is 18.5 Å². The van der Waals surface area contributed by atoms with Gasteiger partial charge >= 0.3 is 0 Å². The summed E-state index contributed by atoms with van der Waals surface area (Å²) in [7, 11) is 0. The Labute approximate surface area is 108 Å². The van der Waals surface area contributed by atoms with Crippen molar-refractivity contribution in [3.63, 3.8) is 0 Å². The van der Waals surface area contributed by atoms with Gasteiger partial charge in [-0.05, 0) is 38.8 Å². The Morgan fingerprint density at radius 2 is 1.81 bits per heavy atom. The molecule has 0 bridgehead atoms. The summed E-state index contributed by atoms with van der Waals surface area (Å²) >= 11 is 3.50. The third-order valence-corrected chi connectivity index (χ3v) is 3.40. The second-order valence-corrected chi connectivity index (χ2v) is 5.20. The summed E-state index contributed by atoms with van der Waals surface area (Å²) in [5.41, 5.74) is 1.44. The lowest BCUT2D eigenvalue weighted by Gasteiger charge is -2.26.